The number of rotatable bonds is 5. The molecule has 1 aliphatic carbocycles. The van der Waals surface area contributed by atoms with Crippen LogP contribution in [0.25, 0.3) is 0 Å². The Labute approximate surface area is 251 Å². The van der Waals surface area contributed by atoms with E-state index in [1.54, 1.807) is 23.1 Å². The van der Waals surface area contributed by atoms with Crippen molar-refractivity contribution in [2.45, 2.75) is 60.0 Å². The number of nitrogens with two attached hydrogens (primary N) is 1. The summed E-state index contributed by atoms with van der Waals surface area (Å²) in [4.78, 5) is 15.8. The molecule has 2 aliphatic rings. The van der Waals surface area contributed by atoms with Gasteiger partial charge in [-0.3, -0.25) is 9.69 Å². The molecule has 0 spiro atoms. The Balaban J connectivity index is 1.67. The molecule has 0 aromatic heterocycles. The number of Topliss-reactive ketones (excluding diaryl/α,β-unsaturated/α-hetero) is 1. The predicted molar refractivity (Wildman–Crippen MR) is 165 cm³/mol. The highest BCUT2D eigenvalue weighted by molar-refractivity contribution is 6.35. The maximum Gasteiger partial charge on any atom is 0.162 e. The number of hydrogen-bond donors (Lipinski definition) is 1. The minimum atomic E-state index is -0.594. The van der Waals surface area contributed by atoms with Crippen LogP contribution in [0, 0.1) is 37.5 Å². The van der Waals surface area contributed by atoms with E-state index in [4.69, 9.17) is 33.7 Å². The predicted octanol–water partition coefficient (Wildman–Crippen LogP) is 8.44. The summed E-state index contributed by atoms with van der Waals surface area (Å²) in [6, 6.07) is 19.6. The third kappa shape index (κ3) is 5.60. The van der Waals surface area contributed by atoms with E-state index in [0.29, 0.717) is 46.3 Å². The molecule has 2 N–H and O–H groups in total. The van der Waals surface area contributed by atoms with Gasteiger partial charge in [-0.05, 0) is 85.2 Å². The fraction of sp³-hybridized carbons (Fsp3) is 0.294. The van der Waals surface area contributed by atoms with Crippen LogP contribution < -0.4 is 15.4 Å². The summed E-state index contributed by atoms with van der Waals surface area (Å²) in [5.74, 6) is 0.472. The van der Waals surface area contributed by atoms with Crippen LogP contribution in [-0.2, 0) is 11.4 Å². The molecule has 0 bridgehead atoms. The molecule has 5 rings (SSSR count). The fourth-order valence-electron chi connectivity index (χ4n) is 5.96. The summed E-state index contributed by atoms with van der Waals surface area (Å²) in [6.45, 7) is 10.6. The van der Waals surface area contributed by atoms with Gasteiger partial charge in [-0.2, -0.15) is 5.26 Å². The summed E-state index contributed by atoms with van der Waals surface area (Å²) < 4.78 is 6.12. The number of carbonyl (C=O) groups excluding carboxylic acids is 1. The van der Waals surface area contributed by atoms with Crippen molar-refractivity contribution < 1.29 is 9.53 Å². The van der Waals surface area contributed by atoms with Crippen LogP contribution in [0.1, 0.15) is 60.4 Å². The Bertz CT molecular complexity index is 1640. The normalized spacial score (nSPS) is 18.3. The molecule has 0 radical (unpaired) electrons. The van der Waals surface area contributed by atoms with Crippen LogP contribution in [0.15, 0.2) is 77.3 Å². The quantitative estimate of drug-likeness (QED) is 0.325. The summed E-state index contributed by atoms with van der Waals surface area (Å²) in [5, 5.41) is 11.4. The highest BCUT2D eigenvalue weighted by Gasteiger charge is 2.45. The Morgan fingerprint density at radius 2 is 1.66 bits per heavy atom. The van der Waals surface area contributed by atoms with Gasteiger partial charge in [0.05, 0.1) is 23.2 Å². The molecule has 5 nitrogen and oxygen atoms in total. The first-order chi connectivity index (χ1) is 19.4. The zero-order chi connectivity index (χ0) is 29.6. The second-order valence-electron chi connectivity index (χ2n) is 11.8. The molecule has 1 heterocycles. The number of hydrogen-bond acceptors (Lipinski definition) is 5. The molecule has 1 aliphatic heterocycles. The van der Waals surface area contributed by atoms with Gasteiger partial charge in [0, 0.05) is 27.7 Å². The number of ether oxygens (including phenoxy) is 1. The van der Waals surface area contributed by atoms with Gasteiger partial charge in [-0.15, -0.1) is 0 Å². The van der Waals surface area contributed by atoms with Gasteiger partial charge in [0.1, 0.15) is 18.2 Å². The first kappa shape index (κ1) is 28.8. The van der Waals surface area contributed by atoms with Gasteiger partial charge in [0.2, 0.25) is 0 Å². The van der Waals surface area contributed by atoms with E-state index in [2.05, 4.69) is 32.0 Å². The number of halogens is 2. The van der Waals surface area contributed by atoms with Gasteiger partial charge in [0.25, 0.3) is 0 Å². The van der Waals surface area contributed by atoms with Crippen molar-refractivity contribution in [3.63, 3.8) is 0 Å². The van der Waals surface area contributed by atoms with E-state index in [9.17, 15) is 10.1 Å². The van der Waals surface area contributed by atoms with Crippen molar-refractivity contribution in [1.29, 1.82) is 5.26 Å². The summed E-state index contributed by atoms with van der Waals surface area (Å²) in [7, 11) is 0. The molecular weight excluding hydrogens is 553 g/mol. The Kier molecular flexibility index (Phi) is 7.68. The fourth-order valence-corrected chi connectivity index (χ4v) is 6.48. The molecule has 0 saturated heterocycles. The van der Waals surface area contributed by atoms with E-state index < -0.39 is 5.92 Å². The molecule has 7 heteroatoms. The largest absolute Gasteiger partial charge is 0.489 e. The summed E-state index contributed by atoms with van der Waals surface area (Å²) in [6.07, 6.45) is 0.974. The van der Waals surface area contributed by atoms with E-state index in [0.717, 1.165) is 39.3 Å². The van der Waals surface area contributed by atoms with E-state index in [1.807, 2.05) is 45.0 Å². The van der Waals surface area contributed by atoms with E-state index in [1.165, 1.54) is 0 Å². The topological polar surface area (TPSA) is 79.3 Å². The highest BCUT2D eigenvalue weighted by Crippen LogP contribution is 2.51. The lowest BCUT2D eigenvalue weighted by atomic mass is 9.68. The average Bonchev–Trinajstić information content (AvgIpc) is 2.87. The molecule has 1 atom stereocenters. The number of nitrogens with zero attached hydrogens (tertiary/aromatic N) is 2. The second kappa shape index (κ2) is 10.9. The molecule has 0 fully saturated rings. The number of benzene rings is 3. The number of aryl methyl sites for hydroxylation is 3. The minimum absolute atomic E-state index is 0.0112. The van der Waals surface area contributed by atoms with Crippen LogP contribution in [-0.4, -0.2) is 5.78 Å². The monoisotopic (exact) mass is 585 g/mol. The Morgan fingerprint density at radius 3 is 2.29 bits per heavy atom. The standard InChI is InChI=1S/C34H33Cl2N3O2/c1-19-6-8-26(9-7-19)41-18-22-11-27(21(3)10-20(22)2)31-28(17-37)33(38)39(25-13-23(35)12-24(36)14-25)29-15-34(4,5)16-30(40)32(29)31/h6-14,31H,15-16,18,38H2,1-5H3. The highest BCUT2D eigenvalue weighted by atomic mass is 35.5. The zero-order valence-electron chi connectivity index (χ0n) is 23.9. The van der Waals surface area contributed by atoms with E-state index >= 15 is 0 Å². The van der Waals surface area contributed by atoms with Crippen LogP contribution in [0.3, 0.4) is 0 Å². The summed E-state index contributed by atoms with van der Waals surface area (Å²) >= 11 is 12.8. The van der Waals surface area contributed by atoms with Crippen molar-refractivity contribution in [3.8, 4) is 11.8 Å². The third-order valence-corrected chi connectivity index (χ3v) is 8.37. The molecule has 0 saturated carbocycles. The lowest BCUT2D eigenvalue weighted by Gasteiger charge is -2.44. The number of ketones is 1. The lowest BCUT2D eigenvalue weighted by Crippen LogP contribution is -2.42. The summed E-state index contributed by atoms with van der Waals surface area (Å²) in [5.41, 5.74) is 13.9. The van der Waals surface area contributed by atoms with Crippen molar-refractivity contribution >= 4 is 34.7 Å². The number of nitriles is 1. The Morgan fingerprint density at radius 1 is 1.00 bits per heavy atom. The minimum Gasteiger partial charge on any atom is -0.489 e. The number of allylic oxidation sites excluding steroid dienone is 3. The van der Waals surface area contributed by atoms with Crippen molar-refractivity contribution in [2.75, 3.05) is 4.90 Å². The third-order valence-electron chi connectivity index (χ3n) is 7.94. The lowest BCUT2D eigenvalue weighted by molar-refractivity contribution is -0.118. The van der Waals surface area contributed by atoms with Gasteiger partial charge in [0.15, 0.2) is 5.78 Å². The van der Waals surface area contributed by atoms with Crippen LogP contribution in [0.2, 0.25) is 10.0 Å². The van der Waals surface area contributed by atoms with Crippen LogP contribution in [0.5, 0.6) is 5.75 Å². The SMILES string of the molecule is Cc1ccc(OCc2cc(C3C(C#N)=C(N)N(c4cc(Cl)cc(Cl)c4)C4=C3C(=O)CC(C)(C)C4)c(C)cc2C)cc1. The molecule has 41 heavy (non-hydrogen) atoms. The van der Waals surface area contributed by atoms with Crippen LogP contribution in [0.4, 0.5) is 5.69 Å². The number of carbonyl (C=O) groups is 1. The molecule has 3 aromatic rings. The second-order valence-corrected chi connectivity index (χ2v) is 12.7. The van der Waals surface area contributed by atoms with Gasteiger partial charge >= 0.3 is 0 Å². The maximum absolute atomic E-state index is 14.0. The van der Waals surface area contributed by atoms with Gasteiger partial charge in [-0.25, -0.2) is 0 Å². The van der Waals surface area contributed by atoms with Crippen LogP contribution >= 0.6 is 23.2 Å². The van der Waals surface area contributed by atoms with Gasteiger partial charge < -0.3 is 10.5 Å². The molecular formula is C34H33Cl2N3O2. The molecule has 1 unspecified atom stereocenters. The van der Waals surface area contributed by atoms with Crippen molar-refractivity contribution in [1.82, 2.24) is 0 Å². The number of anilines is 1. The zero-order valence-corrected chi connectivity index (χ0v) is 25.5. The Hall–Kier alpha value is -3.72. The molecule has 3 aromatic carbocycles. The maximum atomic E-state index is 14.0. The smallest absolute Gasteiger partial charge is 0.162 e. The first-order valence-corrected chi connectivity index (χ1v) is 14.4. The van der Waals surface area contributed by atoms with Crippen molar-refractivity contribution in [3.05, 3.63) is 115 Å². The molecule has 210 valence electrons. The first-order valence-electron chi connectivity index (χ1n) is 13.6. The van der Waals surface area contributed by atoms with Crippen molar-refractivity contribution in [2.24, 2.45) is 11.1 Å². The average molecular weight is 587 g/mol. The molecule has 0 amide bonds. The van der Waals surface area contributed by atoms with Gasteiger partial charge in [-0.1, -0.05) is 66.9 Å². The van der Waals surface area contributed by atoms with E-state index in [-0.39, 0.29) is 17.0 Å².